The van der Waals surface area contributed by atoms with E-state index in [-0.39, 0.29) is 11.2 Å². The quantitative estimate of drug-likeness (QED) is 0.727. The van der Waals surface area contributed by atoms with Crippen LogP contribution >= 0.6 is 11.8 Å². The summed E-state index contributed by atoms with van der Waals surface area (Å²) in [5.74, 6) is 1.37. The lowest BCUT2D eigenvalue weighted by atomic mass is 10.2. The van der Waals surface area contributed by atoms with E-state index in [4.69, 9.17) is 0 Å². The number of hydrogen-bond donors (Lipinski definition) is 2. The summed E-state index contributed by atoms with van der Waals surface area (Å²) in [6, 6.07) is 17.9. The van der Waals surface area contributed by atoms with Gasteiger partial charge in [0, 0.05) is 6.54 Å². The Morgan fingerprint density at radius 1 is 1.17 bits per heavy atom. The lowest BCUT2D eigenvalue weighted by molar-refractivity contribution is -0.118. The van der Waals surface area contributed by atoms with Crippen LogP contribution in [0.5, 0.6) is 0 Å². The third-order valence-electron chi connectivity index (χ3n) is 3.59. The first-order valence-electron chi connectivity index (χ1n) is 7.59. The Morgan fingerprint density at radius 2 is 1.91 bits per heavy atom. The second kappa shape index (κ2) is 7.33. The molecule has 4 nitrogen and oxygen atoms in total. The van der Waals surface area contributed by atoms with E-state index in [2.05, 4.69) is 22.2 Å². The van der Waals surface area contributed by atoms with Gasteiger partial charge in [-0.1, -0.05) is 42.5 Å². The van der Waals surface area contributed by atoms with E-state index in [0.29, 0.717) is 12.3 Å². The van der Waals surface area contributed by atoms with E-state index in [9.17, 15) is 4.79 Å². The number of H-pyrrole nitrogens is 1. The van der Waals surface area contributed by atoms with Crippen LogP contribution in [0.2, 0.25) is 0 Å². The number of rotatable bonds is 6. The molecule has 1 amide bonds. The normalized spacial score (nSPS) is 12.2. The molecule has 0 bridgehead atoms. The molecular weight excluding hydrogens is 306 g/mol. The van der Waals surface area contributed by atoms with Gasteiger partial charge in [-0.3, -0.25) is 4.79 Å². The highest BCUT2D eigenvalue weighted by Gasteiger charge is 2.13. The van der Waals surface area contributed by atoms with Crippen molar-refractivity contribution in [1.29, 1.82) is 0 Å². The molecule has 3 aromatic rings. The molecule has 23 heavy (non-hydrogen) atoms. The summed E-state index contributed by atoms with van der Waals surface area (Å²) in [5, 5.41) is 3.09. The molecule has 0 aliphatic carbocycles. The fraction of sp³-hybridized carbons (Fsp3) is 0.222. The zero-order valence-electron chi connectivity index (χ0n) is 13.0. The molecule has 0 saturated heterocycles. The van der Waals surface area contributed by atoms with Crippen LogP contribution in [0.3, 0.4) is 0 Å². The minimum absolute atomic E-state index is 0.0433. The fourth-order valence-corrected chi connectivity index (χ4v) is 3.07. The first kappa shape index (κ1) is 15.6. The molecule has 5 heteroatoms. The molecule has 118 valence electrons. The summed E-state index contributed by atoms with van der Waals surface area (Å²) >= 11 is 1.58. The van der Waals surface area contributed by atoms with Gasteiger partial charge >= 0.3 is 0 Å². The molecule has 0 unspecified atom stereocenters. The molecular formula is C18H19N3OS. The number of nitrogens with zero attached hydrogens (tertiary/aromatic N) is 1. The molecule has 1 atom stereocenters. The van der Waals surface area contributed by atoms with E-state index in [1.54, 1.807) is 11.8 Å². The number of aromatic amines is 1. The van der Waals surface area contributed by atoms with E-state index in [1.165, 1.54) is 0 Å². The Kier molecular flexibility index (Phi) is 4.98. The molecule has 0 aliphatic rings. The molecule has 1 heterocycles. The van der Waals surface area contributed by atoms with Gasteiger partial charge in [0.15, 0.2) is 0 Å². The Morgan fingerprint density at radius 3 is 2.70 bits per heavy atom. The maximum atomic E-state index is 12.0. The number of carbonyl (C=O) groups excluding carboxylic acids is 1. The minimum atomic E-state index is 0.0433. The molecule has 2 N–H and O–H groups in total. The van der Waals surface area contributed by atoms with Gasteiger partial charge in [-0.05, 0) is 24.6 Å². The lowest BCUT2D eigenvalue weighted by Crippen LogP contribution is -2.24. The molecule has 0 aliphatic heterocycles. The Hall–Kier alpha value is -2.27. The highest BCUT2D eigenvalue weighted by Crippen LogP contribution is 2.27. The van der Waals surface area contributed by atoms with E-state index < -0.39 is 0 Å². The van der Waals surface area contributed by atoms with Gasteiger partial charge in [-0.2, -0.15) is 0 Å². The van der Waals surface area contributed by atoms with Crippen LogP contribution in [-0.2, 0) is 11.3 Å². The topological polar surface area (TPSA) is 57.8 Å². The number of nitrogens with one attached hydrogen (secondary N) is 2. The van der Waals surface area contributed by atoms with Gasteiger partial charge in [0.05, 0.1) is 22.0 Å². The third-order valence-corrected chi connectivity index (χ3v) is 4.74. The van der Waals surface area contributed by atoms with Crippen molar-refractivity contribution in [3.05, 3.63) is 66.0 Å². The number of para-hydroxylation sites is 2. The zero-order valence-corrected chi connectivity index (χ0v) is 13.8. The maximum Gasteiger partial charge on any atom is 0.230 e. The zero-order chi connectivity index (χ0) is 16.1. The van der Waals surface area contributed by atoms with Gasteiger partial charge < -0.3 is 10.3 Å². The summed E-state index contributed by atoms with van der Waals surface area (Å²) in [6.45, 7) is 2.63. The van der Waals surface area contributed by atoms with Crippen LogP contribution in [0.1, 0.15) is 23.6 Å². The van der Waals surface area contributed by atoms with Crippen molar-refractivity contribution in [3.8, 4) is 0 Å². The second-order valence-corrected chi connectivity index (χ2v) is 6.68. The summed E-state index contributed by atoms with van der Waals surface area (Å²) in [6.07, 6.45) is 0. The van der Waals surface area contributed by atoms with Crippen LogP contribution in [0.4, 0.5) is 0 Å². The molecule has 0 radical (unpaired) electrons. The third kappa shape index (κ3) is 4.13. The summed E-state index contributed by atoms with van der Waals surface area (Å²) in [4.78, 5) is 19.9. The average molecular weight is 325 g/mol. The number of thioether (sulfide) groups is 1. The van der Waals surface area contributed by atoms with Crippen molar-refractivity contribution in [1.82, 2.24) is 15.3 Å². The number of aromatic nitrogens is 2. The number of carbonyl (C=O) groups is 1. The predicted octanol–water partition coefficient (Wildman–Crippen LogP) is 3.67. The number of hydrogen-bond acceptors (Lipinski definition) is 3. The lowest BCUT2D eigenvalue weighted by Gasteiger charge is -2.09. The fourth-order valence-electron chi connectivity index (χ4n) is 2.29. The maximum absolute atomic E-state index is 12.0. The number of imidazole rings is 1. The molecule has 2 aromatic carbocycles. The first-order valence-corrected chi connectivity index (χ1v) is 8.64. The molecule has 0 spiro atoms. The van der Waals surface area contributed by atoms with Crippen molar-refractivity contribution in [2.24, 2.45) is 0 Å². The molecule has 0 saturated carbocycles. The van der Waals surface area contributed by atoms with Crippen molar-refractivity contribution < 1.29 is 4.79 Å². The van der Waals surface area contributed by atoms with Crippen LogP contribution in [0, 0.1) is 0 Å². The smallest absolute Gasteiger partial charge is 0.230 e. The van der Waals surface area contributed by atoms with E-state index in [0.717, 1.165) is 22.4 Å². The van der Waals surface area contributed by atoms with Gasteiger partial charge in [0.2, 0.25) is 5.91 Å². The van der Waals surface area contributed by atoms with Crippen molar-refractivity contribution in [2.45, 2.75) is 18.7 Å². The Balaban J connectivity index is 1.50. The first-order chi connectivity index (χ1) is 11.2. The van der Waals surface area contributed by atoms with Gasteiger partial charge in [0.1, 0.15) is 5.82 Å². The van der Waals surface area contributed by atoms with Gasteiger partial charge in [0.25, 0.3) is 0 Å². The predicted molar refractivity (Wildman–Crippen MR) is 95.3 cm³/mol. The SMILES string of the molecule is C[C@@H](SCC(=O)NCc1ccccc1)c1nc2ccccc2[nH]1. The van der Waals surface area contributed by atoms with Crippen molar-refractivity contribution >= 4 is 28.7 Å². The Bertz CT molecular complexity index is 752. The second-order valence-electron chi connectivity index (χ2n) is 5.35. The number of fused-ring (bicyclic) bond motifs is 1. The van der Waals surface area contributed by atoms with Crippen molar-refractivity contribution in [3.63, 3.8) is 0 Å². The highest BCUT2D eigenvalue weighted by molar-refractivity contribution is 8.00. The average Bonchev–Trinajstić information content (AvgIpc) is 3.03. The molecule has 1 aromatic heterocycles. The molecule has 3 rings (SSSR count). The van der Waals surface area contributed by atoms with E-state index >= 15 is 0 Å². The van der Waals surface area contributed by atoms with E-state index in [1.807, 2.05) is 54.6 Å². The van der Waals surface area contributed by atoms with Crippen LogP contribution in [-0.4, -0.2) is 21.6 Å². The van der Waals surface area contributed by atoms with Crippen molar-refractivity contribution in [2.75, 3.05) is 5.75 Å². The van der Waals surface area contributed by atoms with Crippen LogP contribution in [0.25, 0.3) is 11.0 Å². The summed E-state index contributed by atoms with van der Waals surface area (Å²) < 4.78 is 0. The standard InChI is InChI=1S/C18H19N3OS/c1-13(18-20-15-9-5-6-10-16(15)21-18)23-12-17(22)19-11-14-7-3-2-4-8-14/h2-10,13H,11-12H2,1H3,(H,19,22)(H,20,21)/t13-/m1/s1. The van der Waals surface area contributed by atoms with Gasteiger partial charge in [-0.25, -0.2) is 4.98 Å². The monoisotopic (exact) mass is 325 g/mol. The summed E-state index contributed by atoms with van der Waals surface area (Å²) in [7, 11) is 0. The Labute approximate surface area is 139 Å². The minimum Gasteiger partial charge on any atom is -0.351 e. The number of benzene rings is 2. The number of amides is 1. The summed E-state index contributed by atoms with van der Waals surface area (Å²) in [5.41, 5.74) is 3.10. The van der Waals surface area contributed by atoms with Gasteiger partial charge in [-0.15, -0.1) is 11.8 Å². The largest absolute Gasteiger partial charge is 0.351 e. The molecule has 0 fully saturated rings. The highest BCUT2D eigenvalue weighted by atomic mass is 32.2. The van der Waals surface area contributed by atoms with Crippen LogP contribution in [0.15, 0.2) is 54.6 Å². The van der Waals surface area contributed by atoms with Crippen LogP contribution < -0.4 is 5.32 Å².